The van der Waals surface area contributed by atoms with Gasteiger partial charge in [-0.1, -0.05) is 42.5 Å². The summed E-state index contributed by atoms with van der Waals surface area (Å²) in [6.45, 7) is 0. The van der Waals surface area contributed by atoms with Crippen molar-refractivity contribution in [1.29, 1.82) is 0 Å². The minimum atomic E-state index is -0.0977. The Kier molecular flexibility index (Phi) is 3.34. The second kappa shape index (κ2) is 5.64. The van der Waals surface area contributed by atoms with Gasteiger partial charge in [-0.25, -0.2) is 0 Å². The lowest BCUT2D eigenvalue weighted by Crippen LogP contribution is -2.27. The van der Waals surface area contributed by atoms with Crippen LogP contribution in [0.5, 0.6) is 0 Å². The molecule has 1 saturated carbocycles. The van der Waals surface area contributed by atoms with E-state index in [2.05, 4.69) is 33.0 Å². The van der Waals surface area contributed by atoms with E-state index in [0.29, 0.717) is 17.2 Å². The Balaban J connectivity index is 1.51. The van der Waals surface area contributed by atoms with Gasteiger partial charge in [0.05, 0.1) is 11.3 Å². The summed E-state index contributed by atoms with van der Waals surface area (Å²) >= 11 is 0. The van der Waals surface area contributed by atoms with Crippen molar-refractivity contribution in [1.82, 2.24) is 25.5 Å². The summed E-state index contributed by atoms with van der Waals surface area (Å²) in [5.41, 5.74) is 2.51. The molecule has 0 radical (unpaired) electrons. The summed E-state index contributed by atoms with van der Waals surface area (Å²) in [6.07, 6.45) is 2.46. The van der Waals surface area contributed by atoms with Crippen LogP contribution in [-0.4, -0.2) is 32.2 Å². The minimum absolute atomic E-state index is 0.0977. The molecule has 6 nitrogen and oxygen atoms in total. The molecule has 0 spiro atoms. The molecule has 1 aliphatic rings. The number of hydrogen-bond acceptors (Lipinski definition) is 4. The topological polar surface area (TPSA) is 72.7 Å². The van der Waals surface area contributed by atoms with Gasteiger partial charge in [-0.05, 0) is 34.5 Å². The molecule has 4 rings (SSSR count). The number of nitrogens with one attached hydrogen (secondary N) is 1. The average molecular weight is 305 g/mol. The Morgan fingerprint density at radius 2 is 1.87 bits per heavy atom. The largest absolute Gasteiger partial charge is 0.349 e. The molecular weight excluding hydrogens is 290 g/mol. The molecule has 1 N–H and O–H groups in total. The van der Waals surface area contributed by atoms with E-state index in [1.54, 1.807) is 6.07 Å². The lowest BCUT2D eigenvalue weighted by atomic mass is 10.1. The number of carbonyl (C=O) groups excluding carboxylic acids is 1. The first kappa shape index (κ1) is 13.6. The molecule has 1 amide bonds. The second-order valence-electron chi connectivity index (χ2n) is 5.60. The third-order valence-electron chi connectivity index (χ3n) is 4.08. The van der Waals surface area contributed by atoms with Crippen molar-refractivity contribution >= 4 is 5.91 Å². The lowest BCUT2D eigenvalue weighted by molar-refractivity contribution is 0.0950. The van der Waals surface area contributed by atoms with Gasteiger partial charge >= 0.3 is 0 Å². The number of para-hydroxylation sites is 1. The van der Waals surface area contributed by atoms with Crippen molar-refractivity contribution in [3.8, 4) is 5.69 Å². The summed E-state index contributed by atoms with van der Waals surface area (Å²) < 4.78 is 1.50. The molecule has 1 aliphatic carbocycles. The number of benzene rings is 2. The van der Waals surface area contributed by atoms with E-state index >= 15 is 0 Å². The highest BCUT2D eigenvalue weighted by Gasteiger charge is 2.39. The Labute approximate surface area is 133 Å². The third kappa shape index (κ3) is 2.70. The van der Waals surface area contributed by atoms with Crippen LogP contribution in [0.25, 0.3) is 5.69 Å². The first-order chi connectivity index (χ1) is 11.3. The predicted octanol–water partition coefficient (Wildman–Crippen LogP) is 1.95. The molecule has 0 bridgehead atoms. The van der Waals surface area contributed by atoms with Crippen molar-refractivity contribution < 1.29 is 4.79 Å². The maximum atomic E-state index is 12.6. The van der Waals surface area contributed by atoms with Gasteiger partial charge in [-0.3, -0.25) is 4.79 Å². The zero-order valence-corrected chi connectivity index (χ0v) is 12.3. The first-order valence-corrected chi connectivity index (χ1v) is 7.51. The SMILES string of the molecule is O=C(N[C@@H]1C[C@@H]1c1ccccc1)c1ccccc1-n1cnnn1. The monoisotopic (exact) mass is 305 g/mol. The van der Waals surface area contributed by atoms with Crippen LogP contribution >= 0.6 is 0 Å². The van der Waals surface area contributed by atoms with E-state index < -0.39 is 0 Å². The fourth-order valence-corrected chi connectivity index (χ4v) is 2.81. The quantitative estimate of drug-likeness (QED) is 0.799. The van der Waals surface area contributed by atoms with E-state index in [-0.39, 0.29) is 11.9 Å². The van der Waals surface area contributed by atoms with Crippen LogP contribution in [0.15, 0.2) is 60.9 Å². The average Bonchev–Trinajstić information content (AvgIpc) is 3.15. The zero-order valence-electron chi connectivity index (χ0n) is 12.3. The van der Waals surface area contributed by atoms with Crippen molar-refractivity contribution in [2.45, 2.75) is 18.4 Å². The van der Waals surface area contributed by atoms with E-state index in [1.807, 2.05) is 36.4 Å². The van der Waals surface area contributed by atoms with E-state index in [1.165, 1.54) is 16.6 Å². The second-order valence-corrected chi connectivity index (χ2v) is 5.60. The highest BCUT2D eigenvalue weighted by molar-refractivity contribution is 5.98. The molecule has 6 heteroatoms. The van der Waals surface area contributed by atoms with Crippen molar-refractivity contribution in [3.63, 3.8) is 0 Å². The smallest absolute Gasteiger partial charge is 0.253 e. The number of tetrazole rings is 1. The van der Waals surface area contributed by atoms with Crippen LogP contribution in [0.2, 0.25) is 0 Å². The molecular formula is C17H15N5O. The number of carbonyl (C=O) groups is 1. The van der Waals surface area contributed by atoms with E-state index in [4.69, 9.17) is 0 Å². The fraction of sp³-hybridized carbons (Fsp3) is 0.176. The van der Waals surface area contributed by atoms with Gasteiger partial charge in [0.15, 0.2) is 0 Å². The first-order valence-electron chi connectivity index (χ1n) is 7.51. The molecule has 1 aromatic heterocycles. The van der Waals surface area contributed by atoms with Gasteiger partial charge in [-0.2, -0.15) is 4.68 Å². The molecule has 3 aromatic rings. The normalized spacial score (nSPS) is 19.3. The van der Waals surface area contributed by atoms with Crippen molar-refractivity contribution in [2.24, 2.45) is 0 Å². The molecule has 1 fully saturated rings. The fourth-order valence-electron chi connectivity index (χ4n) is 2.81. The van der Waals surface area contributed by atoms with Crippen molar-refractivity contribution in [2.75, 3.05) is 0 Å². The van der Waals surface area contributed by atoms with Gasteiger partial charge in [0.25, 0.3) is 5.91 Å². The molecule has 0 unspecified atom stereocenters. The Morgan fingerprint density at radius 1 is 1.09 bits per heavy atom. The van der Waals surface area contributed by atoms with Gasteiger partial charge in [0.1, 0.15) is 6.33 Å². The summed E-state index contributed by atoms with van der Waals surface area (Å²) in [5.74, 6) is 0.305. The lowest BCUT2D eigenvalue weighted by Gasteiger charge is -2.09. The van der Waals surface area contributed by atoms with Crippen LogP contribution in [0.3, 0.4) is 0 Å². The molecule has 2 atom stereocenters. The predicted molar refractivity (Wildman–Crippen MR) is 84.2 cm³/mol. The summed E-state index contributed by atoms with van der Waals surface area (Å²) in [5, 5.41) is 14.2. The van der Waals surface area contributed by atoms with Crippen LogP contribution < -0.4 is 5.32 Å². The molecule has 0 aliphatic heterocycles. The molecule has 114 valence electrons. The zero-order chi connectivity index (χ0) is 15.6. The molecule has 0 saturated heterocycles. The highest BCUT2D eigenvalue weighted by atomic mass is 16.1. The Bertz CT molecular complexity index is 816. The van der Waals surface area contributed by atoms with E-state index in [9.17, 15) is 4.79 Å². The van der Waals surface area contributed by atoms with E-state index in [0.717, 1.165) is 6.42 Å². The maximum Gasteiger partial charge on any atom is 0.253 e. The standard InChI is InChI=1S/C17H15N5O/c23-17(19-15-10-14(15)12-6-2-1-3-7-12)13-8-4-5-9-16(13)22-11-18-20-21-22/h1-9,11,14-15H,10H2,(H,19,23)/t14-,15-/m1/s1. The molecule has 2 aromatic carbocycles. The minimum Gasteiger partial charge on any atom is -0.349 e. The van der Waals surface area contributed by atoms with Crippen LogP contribution in [0.4, 0.5) is 0 Å². The van der Waals surface area contributed by atoms with Gasteiger partial charge in [-0.15, -0.1) is 5.10 Å². The maximum absolute atomic E-state index is 12.6. The molecule has 1 heterocycles. The number of nitrogens with zero attached hydrogens (tertiary/aromatic N) is 4. The number of hydrogen-bond donors (Lipinski definition) is 1. The van der Waals surface area contributed by atoms with Crippen molar-refractivity contribution in [3.05, 3.63) is 72.1 Å². The number of amides is 1. The highest BCUT2D eigenvalue weighted by Crippen LogP contribution is 2.40. The van der Waals surface area contributed by atoms with Gasteiger partial charge in [0, 0.05) is 12.0 Å². The van der Waals surface area contributed by atoms with Crippen LogP contribution in [0.1, 0.15) is 28.3 Å². The molecule has 23 heavy (non-hydrogen) atoms. The Morgan fingerprint density at radius 3 is 2.65 bits per heavy atom. The number of aromatic nitrogens is 4. The summed E-state index contributed by atoms with van der Waals surface area (Å²) in [6, 6.07) is 17.8. The summed E-state index contributed by atoms with van der Waals surface area (Å²) in [4.78, 5) is 12.6. The van der Waals surface area contributed by atoms with Gasteiger partial charge < -0.3 is 5.32 Å². The van der Waals surface area contributed by atoms with Crippen LogP contribution in [0, 0.1) is 0 Å². The van der Waals surface area contributed by atoms with Crippen LogP contribution in [-0.2, 0) is 0 Å². The van der Waals surface area contributed by atoms with Gasteiger partial charge in [0.2, 0.25) is 0 Å². The third-order valence-corrected chi connectivity index (χ3v) is 4.08. The number of rotatable bonds is 4. The Hall–Kier alpha value is -3.02. The summed E-state index contributed by atoms with van der Waals surface area (Å²) in [7, 11) is 0.